The molecule has 21 heavy (non-hydrogen) atoms. The molecule has 0 spiro atoms. The molecule has 2 unspecified atom stereocenters. The van der Waals surface area contributed by atoms with Crippen molar-refractivity contribution in [1.82, 2.24) is 0 Å². The maximum absolute atomic E-state index is 12.3. The maximum atomic E-state index is 12.3. The van der Waals surface area contributed by atoms with Crippen LogP contribution in [0.3, 0.4) is 0 Å². The molecular weight excluding hydrogens is 260 g/mol. The van der Waals surface area contributed by atoms with Crippen LogP contribution in [-0.4, -0.2) is 11.6 Å². The average Bonchev–Trinajstić information content (AvgIpc) is 2.73. The van der Waals surface area contributed by atoms with Gasteiger partial charge in [-0.2, -0.15) is 0 Å². The van der Waals surface area contributed by atoms with E-state index in [2.05, 4.69) is 13.8 Å². The first-order valence-corrected chi connectivity index (χ1v) is 8.99. The minimum absolute atomic E-state index is 0.000601. The topological polar surface area (TPSA) is 34.1 Å². The Morgan fingerprint density at radius 3 is 2.33 bits per heavy atom. The number of hydrogen-bond donors (Lipinski definition) is 0. The van der Waals surface area contributed by atoms with Gasteiger partial charge >= 0.3 is 0 Å². The lowest BCUT2D eigenvalue weighted by molar-refractivity contribution is -0.140. The molecule has 0 N–H and O–H groups in total. The van der Waals surface area contributed by atoms with Gasteiger partial charge in [0.25, 0.3) is 0 Å². The van der Waals surface area contributed by atoms with Crippen LogP contribution in [0.5, 0.6) is 0 Å². The van der Waals surface area contributed by atoms with Crippen molar-refractivity contribution >= 4 is 11.6 Å². The second-order valence-corrected chi connectivity index (χ2v) is 8.91. The standard InChI is InChI=1S/C19H28O2/c1-18-9-7-14-13(15(18)4-3-12(20)11-18)8-10-19(2)16(14)5-6-17(19)21/h13-16H,3-11H2,1-2H3/t13?,14-,15-,16?,18-,19+/m1/s1. The molecule has 116 valence electrons. The summed E-state index contributed by atoms with van der Waals surface area (Å²) in [4.78, 5) is 24.3. The van der Waals surface area contributed by atoms with E-state index in [4.69, 9.17) is 0 Å². The predicted octanol–water partition coefficient (Wildman–Crippen LogP) is 4.17. The first-order chi connectivity index (χ1) is 9.94. The Kier molecular flexibility index (Phi) is 2.94. The van der Waals surface area contributed by atoms with Crippen molar-refractivity contribution in [1.29, 1.82) is 0 Å². The van der Waals surface area contributed by atoms with E-state index >= 15 is 0 Å². The van der Waals surface area contributed by atoms with Crippen LogP contribution in [0.1, 0.15) is 71.6 Å². The van der Waals surface area contributed by atoms with Gasteiger partial charge < -0.3 is 0 Å². The summed E-state index contributed by atoms with van der Waals surface area (Å²) in [5.41, 5.74) is 0.270. The molecular formula is C19H28O2. The van der Waals surface area contributed by atoms with Gasteiger partial charge in [0.2, 0.25) is 0 Å². The number of rotatable bonds is 0. The minimum Gasteiger partial charge on any atom is -0.300 e. The summed E-state index contributed by atoms with van der Waals surface area (Å²) >= 11 is 0. The quantitative estimate of drug-likeness (QED) is 0.670. The summed E-state index contributed by atoms with van der Waals surface area (Å²) in [6.45, 7) is 4.62. The fourth-order valence-electron chi connectivity index (χ4n) is 6.84. The van der Waals surface area contributed by atoms with Gasteiger partial charge in [-0.1, -0.05) is 13.8 Å². The van der Waals surface area contributed by atoms with Crippen LogP contribution in [-0.2, 0) is 9.59 Å². The molecule has 0 amide bonds. The van der Waals surface area contributed by atoms with E-state index in [0.717, 1.165) is 56.3 Å². The molecule has 0 saturated heterocycles. The fraction of sp³-hybridized carbons (Fsp3) is 0.895. The molecule has 4 saturated carbocycles. The highest BCUT2D eigenvalue weighted by molar-refractivity contribution is 5.87. The molecule has 6 atom stereocenters. The summed E-state index contributed by atoms with van der Waals surface area (Å²) in [7, 11) is 0. The van der Waals surface area contributed by atoms with E-state index in [1.165, 1.54) is 19.3 Å². The Balaban J connectivity index is 1.63. The molecule has 2 heteroatoms. The van der Waals surface area contributed by atoms with Gasteiger partial charge in [-0.3, -0.25) is 9.59 Å². The number of fused-ring (bicyclic) bond motifs is 5. The molecule has 0 aromatic carbocycles. The minimum atomic E-state index is -0.000601. The van der Waals surface area contributed by atoms with Gasteiger partial charge in [-0.15, -0.1) is 0 Å². The maximum Gasteiger partial charge on any atom is 0.139 e. The van der Waals surface area contributed by atoms with E-state index in [-0.39, 0.29) is 10.8 Å². The number of carbonyl (C=O) groups excluding carboxylic acids is 2. The Labute approximate surface area is 128 Å². The zero-order valence-corrected chi connectivity index (χ0v) is 13.5. The second kappa shape index (κ2) is 4.43. The Morgan fingerprint density at radius 1 is 0.857 bits per heavy atom. The molecule has 0 heterocycles. The number of carbonyl (C=O) groups is 2. The second-order valence-electron chi connectivity index (χ2n) is 8.91. The summed E-state index contributed by atoms with van der Waals surface area (Å²) in [5.74, 6) is 3.98. The van der Waals surface area contributed by atoms with Crippen LogP contribution in [0, 0.1) is 34.5 Å². The van der Waals surface area contributed by atoms with Crippen LogP contribution in [0.4, 0.5) is 0 Å². The van der Waals surface area contributed by atoms with Crippen molar-refractivity contribution in [3.05, 3.63) is 0 Å². The van der Waals surface area contributed by atoms with E-state index in [1.807, 2.05) is 0 Å². The number of hydrogen-bond acceptors (Lipinski definition) is 2. The molecule has 0 radical (unpaired) electrons. The first kappa shape index (κ1) is 14.0. The normalized spacial score (nSPS) is 53.0. The molecule has 0 bridgehead atoms. The van der Waals surface area contributed by atoms with Crippen molar-refractivity contribution < 1.29 is 9.59 Å². The number of Topliss-reactive ketones (excluding diaryl/α,β-unsaturated/α-hetero) is 2. The third-order valence-corrected chi connectivity index (χ3v) is 8.00. The van der Waals surface area contributed by atoms with Crippen molar-refractivity contribution in [2.24, 2.45) is 34.5 Å². The Bertz CT molecular complexity index is 496. The van der Waals surface area contributed by atoms with E-state index in [0.29, 0.717) is 17.5 Å². The summed E-state index contributed by atoms with van der Waals surface area (Å²) in [5, 5.41) is 0. The predicted molar refractivity (Wildman–Crippen MR) is 81.7 cm³/mol. The molecule has 4 rings (SSSR count). The summed E-state index contributed by atoms with van der Waals surface area (Å²) in [6.07, 6.45) is 9.53. The van der Waals surface area contributed by atoms with Crippen LogP contribution < -0.4 is 0 Å². The van der Waals surface area contributed by atoms with Crippen LogP contribution in [0.2, 0.25) is 0 Å². The summed E-state index contributed by atoms with van der Waals surface area (Å²) < 4.78 is 0. The number of ketones is 2. The van der Waals surface area contributed by atoms with E-state index < -0.39 is 0 Å². The lowest BCUT2D eigenvalue weighted by Gasteiger charge is -2.57. The average molecular weight is 288 g/mol. The van der Waals surface area contributed by atoms with Crippen LogP contribution in [0.15, 0.2) is 0 Å². The largest absolute Gasteiger partial charge is 0.300 e. The molecule has 4 aliphatic carbocycles. The highest BCUT2D eigenvalue weighted by atomic mass is 16.1. The van der Waals surface area contributed by atoms with Gasteiger partial charge in [-0.25, -0.2) is 0 Å². The van der Waals surface area contributed by atoms with Crippen LogP contribution >= 0.6 is 0 Å². The molecule has 0 aliphatic heterocycles. The van der Waals surface area contributed by atoms with Crippen molar-refractivity contribution in [2.75, 3.05) is 0 Å². The van der Waals surface area contributed by atoms with E-state index in [9.17, 15) is 9.59 Å². The van der Waals surface area contributed by atoms with E-state index in [1.54, 1.807) is 0 Å². The molecule has 0 aromatic heterocycles. The van der Waals surface area contributed by atoms with Gasteiger partial charge in [-0.05, 0) is 67.6 Å². The van der Waals surface area contributed by atoms with Crippen molar-refractivity contribution in [3.8, 4) is 0 Å². The summed E-state index contributed by atoms with van der Waals surface area (Å²) in [6, 6.07) is 0. The zero-order chi connectivity index (χ0) is 14.8. The Hall–Kier alpha value is -0.660. The molecule has 4 aliphatic rings. The smallest absolute Gasteiger partial charge is 0.139 e. The first-order valence-electron chi connectivity index (χ1n) is 8.99. The fourth-order valence-corrected chi connectivity index (χ4v) is 6.84. The van der Waals surface area contributed by atoms with Crippen molar-refractivity contribution in [3.63, 3.8) is 0 Å². The lowest BCUT2D eigenvalue weighted by Crippen LogP contribution is -2.52. The molecule has 0 aromatic rings. The highest BCUT2D eigenvalue weighted by Gasteiger charge is 2.59. The van der Waals surface area contributed by atoms with Gasteiger partial charge in [0.15, 0.2) is 0 Å². The van der Waals surface area contributed by atoms with Gasteiger partial charge in [0, 0.05) is 24.7 Å². The zero-order valence-electron chi connectivity index (χ0n) is 13.5. The third-order valence-electron chi connectivity index (χ3n) is 8.00. The third kappa shape index (κ3) is 1.83. The Morgan fingerprint density at radius 2 is 1.52 bits per heavy atom. The van der Waals surface area contributed by atoms with Gasteiger partial charge in [0.05, 0.1) is 0 Å². The van der Waals surface area contributed by atoms with Gasteiger partial charge in [0.1, 0.15) is 11.6 Å². The SMILES string of the molecule is C[C@]12CC[C@@H]3C(CC[C@]4(C)C(=O)CCC34)[C@H]1CCC(=O)C2. The van der Waals surface area contributed by atoms with Crippen molar-refractivity contribution in [2.45, 2.75) is 71.6 Å². The lowest BCUT2D eigenvalue weighted by atomic mass is 9.47. The molecule has 4 fully saturated rings. The molecule has 2 nitrogen and oxygen atoms in total. The van der Waals surface area contributed by atoms with Crippen LogP contribution in [0.25, 0.3) is 0 Å². The highest BCUT2D eigenvalue weighted by Crippen LogP contribution is 2.63. The monoisotopic (exact) mass is 288 g/mol.